The van der Waals surface area contributed by atoms with Crippen molar-refractivity contribution in [3.63, 3.8) is 0 Å². The molecule has 0 spiro atoms. The molecule has 1 fully saturated rings. The first-order valence-electron chi connectivity index (χ1n) is 5.72. The Morgan fingerprint density at radius 3 is 2.73 bits per heavy atom. The van der Waals surface area contributed by atoms with Crippen LogP contribution in [0.1, 0.15) is 32.6 Å². The molecule has 90 valence electrons. The number of hydrogen-bond donors (Lipinski definition) is 1. The van der Waals surface area contributed by atoms with E-state index in [4.69, 9.17) is 0 Å². The molecule has 1 atom stereocenters. The molecule has 0 radical (unpaired) electrons. The first kappa shape index (κ1) is 12.9. The molecule has 1 rings (SSSR count). The van der Waals surface area contributed by atoms with Gasteiger partial charge < -0.3 is 4.90 Å². The molecule has 1 N–H and O–H groups in total. The molecule has 0 aromatic heterocycles. The molecular weight excluding hydrogens is 212 g/mol. The van der Waals surface area contributed by atoms with E-state index in [1.807, 2.05) is 6.92 Å². The summed E-state index contributed by atoms with van der Waals surface area (Å²) in [6.45, 7) is 3.53. The lowest BCUT2D eigenvalue weighted by atomic mass is 10.0. The molecule has 0 aromatic carbocycles. The van der Waals surface area contributed by atoms with Crippen molar-refractivity contribution in [2.75, 3.05) is 25.9 Å². The van der Waals surface area contributed by atoms with Crippen molar-refractivity contribution in [1.82, 2.24) is 9.62 Å². The maximum atomic E-state index is 11.5. The first-order valence-corrected chi connectivity index (χ1v) is 7.38. The Kier molecular flexibility index (Phi) is 5.02. The maximum absolute atomic E-state index is 11.5. The van der Waals surface area contributed by atoms with Crippen molar-refractivity contribution in [3.8, 4) is 0 Å². The fourth-order valence-electron chi connectivity index (χ4n) is 1.97. The summed E-state index contributed by atoms with van der Waals surface area (Å²) in [6.07, 6.45) is 4.22. The highest BCUT2D eigenvalue weighted by Gasteiger charge is 2.20. The van der Waals surface area contributed by atoms with Gasteiger partial charge in [0, 0.05) is 12.6 Å². The van der Waals surface area contributed by atoms with Crippen LogP contribution in [0.2, 0.25) is 0 Å². The number of nitrogens with zero attached hydrogens (tertiary/aromatic N) is 1. The zero-order valence-corrected chi connectivity index (χ0v) is 10.5. The van der Waals surface area contributed by atoms with Gasteiger partial charge in [-0.3, -0.25) is 0 Å². The summed E-state index contributed by atoms with van der Waals surface area (Å²) in [5, 5.41) is 0. The first-order chi connectivity index (χ1) is 7.05. The predicted octanol–water partition coefficient (Wildman–Crippen LogP) is 0.800. The summed E-state index contributed by atoms with van der Waals surface area (Å²) in [6, 6.07) is 0.380. The average molecular weight is 234 g/mol. The van der Waals surface area contributed by atoms with E-state index in [1.54, 1.807) is 0 Å². The van der Waals surface area contributed by atoms with Crippen LogP contribution in [0.25, 0.3) is 0 Å². The summed E-state index contributed by atoms with van der Waals surface area (Å²) in [7, 11) is -0.964. The van der Waals surface area contributed by atoms with Gasteiger partial charge in [-0.05, 0) is 32.9 Å². The number of sulfonamides is 1. The standard InChI is InChI=1S/C10H22N2O2S/c1-3-8-15(13,14)11-9-10-6-4-5-7-12(10)2/h10-11H,3-9H2,1-2H3. The third-order valence-electron chi connectivity index (χ3n) is 2.93. The third-order valence-corrected chi connectivity index (χ3v) is 4.49. The third kappa shape index (κ3) is 4.49. The van der Waals surface area contributed by atoms with E-state index in [9.17, 15) is 8.42 Å². The topological polar surface area (TPSA) is 49.4 Å². The highest BCUT2D eigenvalue weighted by Crippen LogP contribution is 2.14. The van der Waals surface area contributed by atoms with E-state index in [1.165, 1.54) is 12.8 Å². The largest absolute Gasteiger partial charge is 0.302 e. The molecule has 1 heterocycles. The Labute approximate surface area is 93.1 Å². The van der Waals surface area contributed by atoms with Crippen LogP contribution >= 0.6 is 0 Å². The van der Waals surface area contributed by atoms with Gasteiger partial charge in [-0.2, -0.15) is 0 Å². The summed E-state index contributed by atoms with van der Waals surface area (Å²) in [4.78, 5) is 2.25. The molecule has 1 unspecified atom stereocenters. The molecule has 0 aliphatic carbocycles. The number of hydrogen-bond acceptors (Lipinski definition) is 3. The number of nitrogens with one attached hydrogen (secondary N) is 1. The quantitative estimate of drug-likeness (QED) is 0.765. The van der Waals surface area contributed by atoms with Crippen LogP contribution in [0, 0.1) is 0 Å². The van der Waals surface area contributed by atoms with Crippen LogP contribution in [0.5, 0.6) is 0 Å². The Morgan fingerprint density at radius 2 is 2.13 bits per heavy atom. The molecular formula is C10H22N2O2S. The monoisotopic (exact) mass is 234 g/mol. The van der Waals surface area contributed by atoms with Crippen molar-refractivity contribution in [1.29, 1.82) is 0 Å². The van der Waals surface area contributed by atoms with Gasteiger partial charge in [0.25, 0.3) is 0 Å². The van der Waals surface area contributed by atoms with Gasteiger partial charge in [-0.25, -0.2) is 13.1 Å². The zero-order valence-electron chi connectivity index (χ0n) is 9.70. The molecule has 1 saturated heterocycles. The van der Waals surface area contributed by atoms with E-state index < -0.39 is 10.0 Å². The number of likely N-dealkylation sites (tertiary alicyclic amines) is 1. The van der Waals surface area contributed by atoms with Gasteiger partial charge in [0.2, 0.25) is 10.0 Å². The maximum Gasteiger partial charge on any atom is 0.211 e. The molecule has 4 nitrogen and oxygen atoms in total. The average Bonchev–Trinajstić information content (AvgIpc) is 2.16. The Bertz CT molecular complexity index is 277. The van der Waals surface area contributed by atoms with Gasteiger partial charge >= 0.3 is 0 Å². The van der Waals surface area contributed by atoms with Gasteiger partial charge in [0.15, 0.2) is 0 Å². The van der Waals surface area contributed by atoms with Crippen LogP contribution in [0.4, 0.5) is 0 Å². The molecule has 0 bridgehead atoms. The molecule has 5 heteroatoms. The lowest BCUT2D eigenvalue weighted by Crippen LogP contribution is -2.44. The van der Waals surface area contributed by atoms with Crippen LogP contribution in [-0.2, 0) is 10.0 Å². The van der Waals surface area contributed by atoms with Gasteiger partial charge in [0.05, 0.1) is 5.75 Å². The molecule has 1 aliphatic rings. The van der Waals surface area contributed by atoms with Crippen LogP contribution in [0.15, 0.2) is 0 Å². The fourth-order valence-corrected chi connectivity index (χ4v) is 3.09. The van der Waals surface area contributed by atoms with E-state index in [-0.39, 0.29) is 5.75 Å². The van der Waals surface area contributed by atoms with Gasteiger partial charge in [-0.15, -0.1) is 0 Å². The minimum absolute atomic E-state index is 0.240. The van der Waals surface area contributed by atoms with Gasteiger partial charge in [-0.1, -0.05) is 13.3 Å². The van der Waals surface area contributed by atoms with Crippen molar-refractivity contribution in [3.05, 3.63) is 0 Å². The highest BCUT2D eigenvalue weighted by molar-refractivity contribution is 7.89. The SMILES string of the molecule is CCCS(=O)(=O)NCC1CCCCN1C. The second-order valence-corrected chi connectivity index (χ2v) is 6.22. The summed E-state index contributed by atoms with van der Waals surface area (Å²) < 4.78 is 25.6. The van der Waals surface area contributed by atoms with Crippen molar-refractivity contribution in [2.45, 2.75) is 38.6 Å². The molecule has 0 amide bonds. The van der Waals surface area contributed by atoms with Crippen LogP contribution in [-0.4, -0.2) is 45.2 Å². The van der Waals surface area contributed by atoms with Crippen LogP contribution in [0.3, 0.4) is 0 Å². The van der Waals surface area contributed by atoms with Gasteiger partial charge in [0.1, 0.15) is 0 Å². The highest BCUT2D eigenvalue weighted by atomic mass is 32.2. The number of likely N-dealkylation sites (N-methyl/N-ethyl adjacent to an activating group) is 1. The molecule has 0 saturated carbocycles. The normalized spacial score (nSPS) is 24.3. The minimum Gasteiger partial charge on any atom is -0.302 e. The Morgan fingerprint density at radius 1 is 1.40 bits per heavy atom. The summed E-state index contributed by atoms with van der Waals surface area (Å²) >= 11 is 0. The summed E-state index contributed by atoms with van der Waals surface area (Å²) in [5.74, 6) is 0.240. The fraction of sp³-hybridized carbons (Fsp3) is 1.00. The van der Waals surface area contributed by atoms with E-state index >= 15 is 0 Å². The van der Waals surface area contributed by atoms with Crippen LogP contribution < -0.4 is 4.72 Å². The number of rotatable bonds is 5. The summed E-state index contributed by atoms with van der Waals surface area (Å²) in [5.41, 5.74) is 0. The minimum atomic E-state index is -3.03. The Hall–Kier alpha value is -0.130. The molecule has 0 aromatic rings. The second kappa shape index (κ2) is 5.82. The van der Waals surface area contributed by atoms with Crippen molar-refractivity contribution < 1.29 is 8.42 Å². The smallest absolute Gasteiger partial charge is 0.211 e. The lowest BCUT2D eigenvalue weighted by molar-refractivity contribution is 0.187. The van der Waals surface area contributed by atoms with E-state index in [0.29, 0.717) is 19.0 Å². The van der Waals surface area contributed by atoms with E-state index in [0.717, 1.165) is 13.0 Å². The zero-order chi connectivity index (χ0) is 11.3. The van der Waals surface area contributed by atoms with E-state index in [2.05, 4.69) is 16.7 Å². The molecule has 1 aliphatic heterocycles. The predicted molar refractivity (Wildman–Crippen MR) is 62.3 cm³/mol. The Balaban J connectivity index is 2.35. The molecule has 15 heavy (non-hydrogen) atoms. The van der Waals surface area contributed by atoms with Crippen molar-refractivity contribution >= 4 is 10.0 Å². The van der Waals surface area contributed by atoms with Crippen molar-refractivity contribution in [2.24, 2.45) is 0 Å². The number of piperidine rings is 1. The second-order valence-electron chi connectivity index (χ2n) is 4.30. The lowest BCUT2D eigenvalue weighted by Gasteiger charge is -2.32.